The Hall–Kier alpha value is -3.07. The van der Waals surface area contributed by atoms with Gasteiger partial charge in [-0.2, -0.15) is 15.1 Å². The zero-order valence-corrected chi connectivity index (χ0v) is 25.4. The molecule has 14 nitrogen and oxygen atoms in total. The van der Waals surface area contributed by atoms with Crippen LogP contribution in [0.5, 0.6) is 5.75 Å². The average molecular weight is 642 g/mol. The fourth-order valence-electron chi connectivity index (χ4n) is 4.51. The number of aliphatic hydroxyl groups excluding tert-OH is 1. The van der Waals surface area contributed by atoms with Crippen LogP contribution in [0.4, 0.5) is 16.2 Å². The van der Waals surface area contributed by atoms with Crippen LogP contribution in [-0.2, 0) is 23.4 Å². The lowest BCUT2D eigenvalue weighted by Gasteiger charge is -2.27. The van der Waals surface area contributed by atoms with E-state index in [4.69, 9.17) is 35.9 Å². The Morgan fingerprint density at radius 1 is 1.30 bits per heavy atom. The molecular formula is C26H34ClFN7O7P. The lowest BCUT2D eigenvalue weighted by atomic mass is 10.0. The molecule has 0 amide bonds. The second-order valence-corrected chi connectivity index (χ2v) is 13.1. The highest BCUT2D eigenvalue weighted by molar-refractivity contribution is 7.52. The number of imidazole rings is 1. The number of aromatic nitrogens is 4. The van der Waals surface area contributed by atoms with Crippen LogP contribution in [0, 0.1) is 0 Å². The van der Waals surface area contributed by atoms with Crippen molar-refractivity contribution in [1.29, 1.82) is 0 Å². The number of carbonyl (C=O) groups is 1. The molecular weight excluding hydrogens is 608 g/mol. The largest absolute Gasteiger partial charge is 0.462 e. The Morgan fingerprint density at radius 3 is 2.67 bits per heavy atom. The van der Waals surface area contributed by atoms with Gasteiger partial charge in [-0.15, -0.1) is 11.6 Å². The molecule has 43 heavy (non-hydrogen) atoms. The summed E-state index contributed by atoms with van der Waals surface area (Å²) in [6.07, 6.45) is -1.37. The van der Waals surface area contributed by atoms with Crippen LogP contribution in [0.15, 0.2) is 36.7 Å². The van der Waals surface area contributed by atoms with Crippen LogP contribution in [0.2, 0.25) is 0 Å². The van der Waals surface area contributed by atoms with Gasteiger partial charge in [-0.3, -0.25) is 13.9 Å². The van der Waals surface area contributed by atoms with E-state index in [2.05, 4.69) is 25.4 Å². The standard InChI is InChI=1S/C26H34ClFN7O7P/c1-14(2)40-23(37)15(3)34-43(38,42-17-7-5-4-6-8-17)39-11-18-20(36)26(27,12-28)24(41-18)35-13-30-19-21(31-16-9-10-16)32-25(29)33-22(19)35/h4-8,13-16,18,20,24,36H,9-12H2,1-3H3,(H,34,38)(H3,29,31,32,33)/t15-,18+,20+,24+,26+,43-/m0/s1. The minimum absolute atomic E-state index is 0.0496. The Morgan fingerprint density at radius 2 is 2.02 bits per heavy atom. The number of hydrogen-bond donors (Lipinski definition) is 4. The molecule has 1 saturated heterocycles. The van der Waals surface area contributed by atoms with Crippen molar-refractivity contribution in [3.05, 3.63) is 36.7 Å². The van der Waals surface area contributed by atoms with Crippen molar-refractivity contribution in [3.8, 4) is 5.75 Å². The molecule has 0 spiro atoms. The van der Waals surface area contributed by atoms with E-state index in [1.54, 1.807) is 44.2 Å². The second-order valence-electron chi connectivity index (χ2n) is 10.7. The van der Waals surface area contributed by atoms with Crippen LogP contribution in [0.25, 0.3) is 11.2 Å². The number of nitrogens with two attached hydrogens (primary N) is 1. The number of alkyl halides is 2. The van der Waals surface area contributed by atoms with Crippen molar-refractivity contribution in [2.75, 3.05) is 24.3 Å². The molecule has 3 heterocycles. The molecule has 0 radical (unpaired) electrons. The zero-order valence-electron chi connectivity index (χ0n) is 23.7. The van der Waals surface area contributed by atoms with E-state index in [1.165, 1.54) is 17.8 Å². The summed E-state index contributed by atoms with van der Waals surface area (Å²) < 4.78 is 52.3. The fourth-order valence-corrected chi connectivity index (χ4v) is 6.31. The summed E-state index contributed by atoms with van der Waals surface area (Å²) in [5, 5.41) is 16.9. The van der Waals surface area contributed by atoms with Gasteiger partial charge in [-0.05, 0) is 45.7 Å². The number of benzene rings is 1. The number of esters is 1. The first-order chi connectivity index (χ1) is 20.4. The van der Waals surface area contributed by atoms with Crippen molar-refractivity contribution < 1.29 is 37.4 Å². The normalized spacial score (nSPS) is 25.9. The first-order valence-electron chi connectivity index (χ1n) is 13.7. The van der Waals surface area contributed by atoms with Crippen LogP contribution < -0.4 is 20.7 Å². The summed E-state index contributed by atoms with van der Waals surface area (Å²) in [5.41, 5.74) is 6.52. The maximum atomic E-state index is 14.6. The van der Waals surface area contributed by atoms with Gasteiger partial charge < -0.3 is 30.2 Å². The number of hydrogen-bond acceptors (Lipinski definition) is 12. The van der Waals surface area contributed by atoms with Crippen LogP contribution in [-0.4, -0.2) is 79.1 Å². The molecule has 17 heteroatoms. The predicted octanol–water partition coefficient (Wildman–Crippen LogP) is 3.32. The van der Waals surface area contributed by atoms with Crippen molar-refractivity contribution in [1.82, 2.24) is 24.6 Å². The molecule has 5 N–H and O–H groups in total. The first-order valence-corrected chi connectivity index (χ1v) is 15.7. The van der Waals surface area contributed by atoms with Crippen LogP contribution in [0.3, 0.4) is 0 Å². The number of aliphatic hydroxyl groups is 1. The highest BCUT2D eigenvalue weighted by atomic mass is 35.5. The number of anilines is 2. The highest BCUT2D eigenvalue weighted by Gasteiger charge is 2.57. The molecule has 1 saturated carbocycles. The Bertz CT molecular complexity index is 1500. The molecule has 2 aliphatic rings. The molecule has 1 aliphatic carbocycles. The molecule has 5 rings (SSSR count). The smallest absolute Gasteiger partial charge is 0.459 e. The molecule has 0 bridgehead atoms. The average Bonchev–Trinajstić information content (AvgIpc) is 3.62. The minimum atomic E-state index is -4.31. The number of ether oxygens (including phenoxy) is 2. The van der Waals surface area contributed by atoms with E-state index >= 15 is 0 Å². The van der Waals surface area contributed by atoms with E-state index < -0.39 is 62.5 Å². The molecule has 2 aromatic heterocycles. The van der Waals surface area contributed by atoms with Gasteiger partial charge in [0.1, 0.15) is 35.5 Å². The third-order valence-corrected chi connectivity index (χ3v) is 8.96. The molecule has 234 valence electrons. The number of halogens is 2. The lowest BCUT2D eigenvalue weighted by Crippen LogP contribution is -2.44. The van der Waals surface area contributed by atoms with Crippen molar-refractivity contribution >= 4 is 48.2 Å². The number of nitrogen functional groups attached to an aromatic ring is 1. The molecule has 0 unspecified atom stereocenters. The van der Waals surface area contributed by atoms with Crippen molar-refractivity contribution in [2.45, 2.75) is 75.1 Å². The van der Waals surface area contributed by atoms with Gasteiger partial charge >= 0.3 is 13.7 Å². The summed E-state index contributed by atoms with van der Waals surface area (Å²) in [4.78, 5) is 23.3. The quantitative estimate of drug-likeness (QED) is 0.121. The minimum Gasteiger partial charge on any atom is -0.462 e. The zero-order chi connectivity index (χ0) is 30.9. The van der Waals surface area contributed by atoms with Gasteiger partial charge in [0.05, 0.1) is 19.0 Å². The van der Waals surface area contributed by atoms with Gasteiger partial charge in [0.25, 0.3) is 0 Å². The maximum absolute atomic E-state index is 14.6. The van der Waals surface area contributed by atoms with Gasteiger partial charge in [0.2, 0.25) is 5.95 Å². The van der Waals surface area contributed by atoms with Crippen molar-refractivity contribution in [3.63, 3.8) is 0 Å². The van der Waals surface area contributed by atoms with Gasteiger partial charge in [0, 0.05) is 6.04 Å². The molecule has 1 aromatic carbocycles. The molecule has 3 aromatic rings. The molecule has 1 aliphatic heterocycles. The topological polar surface area (TPSA) is 185 Å². The van der Waals surface area contributed by atoms with Crippen LogP contribution >= 0.6 is 19.3 Å². The predicted molar refractivity (Wildman–Crippen MR) is 155 cm³/mol. The van der Waals surface area contributed by atoms with Gasteiger partial charge in [0.15, 0.2) is 23.2 Å². The fraction of sp³-hybridized carbons (Fsp3) is 0.538. The van der Waals surface area contributed by atoms with E-state index in [0.29, 0.717) is 11.3 Å². The third kappa shape index (κ3) is 6.87. The Labute approximate surface area is 252 Å². The van der Waals surface area contributed by atoms with E-state index in [-0.39, 0.29) is 23.4 Å². The first kappa shape index (κ1) is 31.4. The summed E-state index contributed by atoms with van der Waals surface area (Å²) >= 11 is 6.66. The molecule has 6 atom stereocenters. The number of carbonyl (C=O) groups excluding carboxylic acids is 1. The summed E-state index contributed by atoms with van der Waals surface area (Å²) in [5.74, 6) is -0.139. The SMILES string of the molecule is CC(C)OC(=O)[C@H](C)N[P@](=O)(OC[C@H]1O[C@@H](n2cnc3c(NC4CC4)nc(N)nc32)[C@@](Cl)(CF)[C@@H]1O)Oc1ccccc1. The highest BCUT2D eigenvalue weighted by Crippen LogP contribution is 2.49. The number of fused-ring (bicyclic) bond motifs is 1. The van der Waals surface area contributed by atoms with Crippen LogP contribution in [0.1, 0.15) is 39.8 Å². The number of nitrogens with one attached hydrogen (secondary N) is 2. The van der Waals surface area contributed by atoms with Crippen molar-refractivity contribution in [2.24, 2.45) is 0 Å². The molecule has 2 fully saturated rings. The Kier molecular flexibility index (Phi) is 9.12. The van der Waals surface area contributed by atoms with Gasteiger partial charge in [-0.25, -0.2) is 13.9 Å². The van der Waals surface area contributed by atoms with E-state index in [0.717, 1.165) is 12.8 Å². The van der Waals surface area contributed by atoms with Gasteiger partial charge in [-0.1, -0.05) is 18.2 Å². The summed E-state index contributed by atoms with van der Waals surface area (Å²) in [6.45, 7) is 3.01. The third-order valence-electron chi connectivity index (χ3n) is 6.81. The summed E-state index contributed by atoms with van der Waals surface area (Å²) in [6, 6.07) is 7.28. The number of nitrogens with zero attached hydrogens (tertiary/aromatic N) is 4. The van der Waals surface area contributed by atoms with E-state index in [1.807, 2.05) is 0 Å². The number of para-hydroxylation sites is 1. The van der Waals surface area contributed by atoms with E-state index in [9.17, 15) is 18.9 Å². The summed E-state index contributed by atoms with van der Waals surface area (Å²) in [7, 11) is -4.31. The number of rotatable bonds is 13. The second kappa shape index (κ2) is 12.5. The Balaban J connectivity index is 1.38. The monoisotopic (exact) mass is 641 g/mol. The maximum Gasteiger partial charge on any atom is 0.459 e. The lowest BCUT2D eigenvalue weighted by molar-refractivity contribution is -0.149.